The van der Waals surface area contributed by atoms with Gasteiger partial charge in [-0.25, -0.2) is 0 Å². The largest absolute Gasteiger partial charge is 0.384 e. The molecule has 0 saturated heterocycles. The highest BCUT2D eigenvalue weighted by Gasteiger charge is 2.17. The van der Waals surface area contributed by atoms with Gasteiger partial charge in [0.25, 0.3) is 0 Å². The van der Waals surface area contributed by atoms with Crippen molar-refractivity contribution in [2.45, 2.75) is 6.92 Å². The van der Waals surface area contributed by atoms with Gasteiger partial charge in [-0.05, 0) is 12.5 Å². The molecular formula is C18H16N2O. The van der Waals surface area contributed by atoms with Crippen molar-refractivity contribution in [3.8, 4) is 6.07 Å². The monoisotopic (exact) mass is 276 g/mol. The summed E-state index contributed by atoms with van der Waals surface area (Å²) >= 11 is 0. The van der Waals surface area contributed by atoms with E-state index in [4.69, 9.17) is 0 Å². The lowest BCUT2D eigenvalue weighted by molar-refractivity contribution is 0.103. The number of nitrogens with one attached hydrogen (secondary N) is 1. The molecule has 2 aromatic carbocycles. The van der Waals surface area contributed by atoms with E-state index < -0.39 is 0 Å². The first-order valence-electron chi connectivity index (χ1n) is 6.81. The van der Waals surface area contributed by atoms with Crippen molar-refractivity contribution in [3.63, 3.8) is 0 Å². The average Bonchev–Trinajstić information content (AvgIpc) is 2.56. The Morgan fingerprint density at radius 3 is 2.00 bits per heavy atom. The molecule has 2 rings (SSSR count). The van der Waals surface area contributed by atoms with Crippen LogP contribution in [0, 0.1) is 11.3 Å². The van der Waals surface area contributed by atoms with Gasteiger partial charge in [0, 0.05) is 12.1 Å². The van der Waals surface area contributed by atoms with Crippen LogP contribution in [-0.4, -0.2) is 12.3 Å². The van der Waals surface area contributed by atoms with E-state index in [2.05, 4.69) is 11.4 Å². The molecule has 0 aliphatic rings. The summed E-state index contributed by atoms with van der Waals surface area (Å²) in [5, 5.41) is 12.6. The molecule has 0 saturated carbocycles. The summed E-state index contributed by atoms with van der Waals surface area (Å²) in [6, 6.07) is 20.3. The standard InChI is InChI=1S/C18H16N2O/c1-2-20-17(14-9-5-3-6-10-14)16(13-19)18(21)15-11-7-4-8-12-15/h3-12,20H,2H2,1H3/b17-16+. The van der Waals surface area contributed by atoms with Crippen LogP contribution in [0.15, 0.2) is 66.2 Å². The summed E-state index contributed by atoms with van der Waals surface area (Å²) in [5.74, 6) is -0.266. The third-order valence-electron chi connectivity index (χ3n) is 3.04. The van der Waals surface area contributed by atoms with Gasteiger partial charge in [-0.15, -0.1) is 0 Å². The number of ketones is 1. The number of hydrogen-bond acceptors (Lipinski definition) is 3. The minimum Gasteiger partial charge on any atom is -0.384 e. The molecule has 3 nitrogen and oxygen atoms in total. The van der Waals surface area contributed by atoms with Crippen molar-refractivity contribution in [1.82, 2.24) is 5.32 Å². The summed E-state index contributed by atoms with van der Waals surface area (Å²) in [6.45, 7) is 2.57. The predicted molar refractivity (Wildman–Crippen MR) is 83.4 cm³/mol. The van der Waals surface area contributed by atoms with Crippen LogP contribution in [-0.2, 0) is 0 Å². The Morgan fingerprint density at radius 1 is 1.00 bits per heavy atom. The molecule has 0 amide bonds. The molecule has 0 unspecified atom stereocenters. The van der Waals surface area contributed by atoms with Crippen LogP contribution in [0.4, 0.5) is 0 Å². The van der Waals surface area contributed by atoms with Crippen LogP contribution in [0.2, 0.25) is 0 Å². The number of nitriles is 1. The molecule has 0 bridgehead atoms. The molecule has 0 spiro atoms. The highest BCUT2D eigenvalue weighted by atomic mass is 16.1. The van der Waals surface area contributed by atoms with E-state index >= 15 is 0 Å². The molecule has 104 valence electrons. The Labute approximate surface area is 124 Å². The molecule has 2 aromatic rings. The van der Waals surface area contributed by atoms with Crippen LogP contribution in [0.3, 0.4) is 0 Å². The normalized spacial score (nSPS) is 11.2. The van der Waals surface area contributed by atoms with Gasteiger partial charge in [0.05, 0.1) is 5.70 Å². The molecule has 3 heteroatoms. The smallest absolute Gasteiger partial charge is 0.205 e. The zero-order chi connectivity index (χ0) is 15.1. The highest BCUT2D eigenvalue weighted by Crippen LogP contribution is 2.19. The second kappa shape index (κ2) is 7.06. The van der Waals surface area contributed by atoms with Gasteiger partial charge in [0.2, 0.25) is 5.78 Å². The fourth-order valence-electron chi connectivity index (χ4n) is 2.07. The first kappa shape index (κ1) is 14.5. The van der Waals surface area contributed by atoms with Crippen LogP contribution in [0.5, 0.6) is 0 Å². The van der Waals surface area contributed by atoms with Crippen molar-refractivity contribution in [3.05, 3.63) is 77.4 Å². The molecule has 21 heavy (non-hydrogen) atoms. The Balaban J connectivity index is 2.53. The third kappa shape index (κ3) is 3.37. The fourth-order valence-corrected chi connectivity index (χ4v) is 2.07. The number of allylic oxidation sites excluding steroid dienone is 1. The van der Waals surface area contributed by atoms with Crippen LogP contribution >= 0.6 is 0 Å². The maximum Gasteiger partial charge on any atom is 0.205 e. The Bertz CT molecular complexity index is 682. The van der Waals surface area contributed by atoms with E-state index in [1.54, 1.807) is 24.3 Å². The minimum atomic E-state index is -0.266. The molecule has 0 aliphatic carbocycles. The molecular weight excluding hydrogens is 260 g/mol. The number of nitrogens with zero attached hydrogens (tertiary/aromatic N) is 1. The summed E-state index contributed by atoms with van der Waals surface area (Å²) in [7, 11) is 0. The van der Waals surface area contributed by atoms with Gasteiger partial charge < -0.3 is 5.32 Å². The predicted octanol–water partition coefficient (Wildman–Crippen LogP) is 3.41. The molecule has 0 atom stereocenters. The average molecular weight is 276 g/mol. The van der Waals surface area contributed by atoms with Crippen molar-refractivity contribution in [1.29, 1.82) is 5.26 Å². The van der Waals surface area contributed by atoms with E-state index in [-0.39, 0.29) is 11.4 Å². The van der Waals surface area contributed by atoms with Crippen LogP contribution in [0.1, 0.15) is 22.8 Å². The Morgan fingerprint density at radius 2 is 1.52 bits per heavy atom. The van der Waals surface area contributed by atoms with Gasteiger partial charge in [0.1, 0.15) is 11.6 Å². The van der Waals surface area contributed by atoms with E-state index in [9.17, 15) is 10.1 Å². The molecule has 1 N–H and O–H groups in total. The number of rotatable bonds is 5. The van der Waals surface area contributed by atoms with Crippen molar-refractivity contribution in [2.75, 3.05) is 6.54 Å². The topological polar surface area (TPSA) is 52.9 Å². The number of benzene rings is 2. The van der Waals surface area contributed by atoms with Gasteiger partial charge in [-0.2, -0.15) is 5.26 Å². The van der Waals surface area contributed by atoms with E-state index in [1.165, 1.54) is 0 Å². The van der Waals surface area contributed by atoms with Crippen molar-refractivity contribution >= 4 is 11.5 Å². The summed E-state index contributed by atoms with van der Waals surface area (Å²) in [5.41, 5.74) is 2.06. The Kier molecular flexibility index (Phi) is 4.89. The van der Waals surface area contributed by atoms with Gasteiger partial charge in [-0.3, -0.25) is 4.79 Å². The maximum absolute atomic E-state index is 12.5. The van der Waals surface area contributed by atoms with Gasteiger partial charge in [-0.1, -0.05) is 60.7 Å². The number of carbonyl (C=O) groups excluding carboxylic acids is 1. The lowest BCUT2D eigenvalue weighted by atomic mass is 9.99. The Hall–Kier alpha value is -2.86. The zero-order valence-corrected chi connectivity index (χ0v) is 11.8. The maximum atomic E-state index is 12.5. The lowest BCUT2D eigenvalue weighted by Crippen LogP contribution is -2.17. The fraction of sp³-hybridized carbons (Fsp3) is 0.111. The second-order valence-corrected chi connectivity index (χ2v) is 4.45. The van der Waals surface area contributed by atoms with E-state index in [0.29, 0.717) is 17.8 Å². The first-order valence-corrected chi connectivity index (χ1v) is 6.81. The van der Waals surface area contributed by atoms with Crippen LogP contribution < -0.4 is 5.32 Å². The van der Waals surface area contributed by atoms with E-state index in [1.807, 2.05) is 43.3 Å². The molecule has 0 aromatic heterocycles. The van der Waals surface area contributed by atoms with Crippen LogP contribution in [0.25, 0.3) is 5.70 Å². The number of hydrogen-bond donors (Lipinski definition) is 1. The zero-order valence-electron chi connectivity index (χ0n) is 11.8. The molecule has 0 fully saturated rings. The van der Waals surface area contributed by atoms with Crippen molar-refractivity contribution in [2.24, 2.45) is 0 Å². The highest BCUT2D eigenvalue weighted by molar-refractivity contribution is 6.15. The molecule has 0 aliphatic heterocycles. The lowest BCUT2D eigenvalue weighted by Gasteiger charge is -2.12. The second-order valence-electron chi connectivity index (χ2n) is 4.45. The van der Waals surface area contributed by atoms with Gasteiger partial charge >= 0.3 is 0 Å². The van der Waals surface area contributed by atoms with Gasteiger partial charge in [0.15, 0.2) is 0 Å². The quantitative estimate of drug-likeness (QED) is 0.517. The summed E-state index contributed by atoms with van der Waals surface area (Å²) < 4.78 is 0. The summed E-state index contributed by atoms with van der Waals surface area (Å²) in [6.07, 6.45) is 0. The minimum absolute atomic E-state index is 0.134. The summed E-state index contributed by atoms with van der Waals surface area (Å²) in [4.78, 5) is 12.5. The number of carbonyl (C=O) groups is 1. The first-order chi connectivity index (χ1) is 10.3. The van der Waals surface area contributed by atoms with E-state index in [0.717, 1.165) is 5.56 Å². The third-order valence-corrected chi connectivity index (χ3v) is 3.04. The molecule has 0 radical (unpaired) electrons. The SMILES string of the molecule is CCN/C(=C(\C#N)C(=O)c1ccccc1)c1ccccc1. The molecule has 0 heterocycles. The van der Waals surface area contributed by atoms with Crippen molar-refractivity contribution < 1.29 is 4.79 Å². The number of Topliss-reactive ketones (excluding diaryl/α,β-unsaturated/α-hetero) is 1.